The van der Waals surface area contributed by atoms with Crippen molar-refractivity contribution in [2.45, 2.75) is 19.4 Å². The predicted molar refractivity (Wildman–Crippen MR) is 120 cm³/mol. The van der Waals surface area contributed by atoms with Gasteiger partial charge in [0.05, 0.1) is 28.6 Å². The van der Waals surface area contributed by atoms with Gasteiger partial charge in [0.25, 0.3) is 5.56 Å². The van der Waals surface area contributed by atoms with Crippen LogP contribution in [0.5, 0.6) is 0 Å². The minimum atomic E-state index is -0.386. The summed E-state index contributed by atoms with van der Waals surface area (Å²) >= 11 is 0. The van der Waals surface area contributed by atoms with Gasteiger partial charge in [0.2, 0.25) is 5.91 Å². The number of aromatic nitrogens is 4. The van der Waals surface area contributed by atoms with Gasteiger partial charge in [-0.2, -0.15) is 10.4 Å². The Morgan fingerprint density at radius 3 is 2.70 bits per heavy atom. The van der Waals surface area contributed by atoms with Crippen molar-refractivity contribution in [2.24, 2.45) is 0 Å². The molecule has 33 heavy (non-hydrogen) atoms. The Kier molecular flexibility index (Phi) is 6.13. The van der Waals surface area contributed by atoms with E-state index in [9.17, 15) is 19.2 Å². The highest BCUT2D eigenvalue weighted by Gasteiger charge is 2.16. The van der Waals surface area contributed by atoms with Crippen LogP contribution in [0.15, 0.2) is 59.7 Å². The summed E-state index contributed by atoms with van der Waals surface area (Å²) in [4.78, 5) is 29.0. The average Bonchev–Trinajstić information content (AvgIpc) is 3.14. The van der Waals surface area contributed by atoms with E-state index in [2.05, 4.69) is 21.5 Å². The smallest absolute Gasteiger partial charge is 0.261 e. The molecule has 0 saturated heterocycles. The van der Waals surface area contributed by atoms with Gasteiger partial charge in [-0.25, -0.2) is 14.1 Å². The van der Waals surface area contributed by atoms with Crippen LogP contribution in [0, 0.1) is 17.1 Å². The van der Waals surface area contributed by atoms with Crippen LogP contribution in [0.25, 0.3) is 16.6 Å². The molecule has 166 valence electrons. The summed E-state index contributed by atoms with van der Waals surface area (Å²) in [7, 11) is 0. The summed E-state index contributed by atoms with van der Waals surface area (Å²) in [6, 6.07) is 14.6. The Balaban J connectivity index is 1.36. The summed E-state index contributed by atoms with van der Waals surface area (Å²) in [6.45, 7) is 0.176. The van der Waals surface area contributed by atoms with E-state index in [1.807, 2.05) is 0 Å². The molecule has 2 heterocycles. The van der Waals surface area contributed by atoms with E-state index in [1.54, 1.807) is 24.3 Å². The van der Waals surface area contributed by atoms with Gasteiger partial charge in [-0.15, -0.1) is 0 Å². The normalized spacial score (nSPS) is 10.8. The van der Waals surface area contributed by atoms with Crippen LogP contribution in [-0.4, -0.2) is 31.8 Å². The fraction of sp³-hybridized carbons (Fsp3) is 0.174. The number of carbonyl (C=O) groups is 1. The molecule has 0 aliphatic carbocycles. The van der Waals surface area contributed by atoms with E-state index in [0.717, 1.165) is 0 Å². The van der Waals surface area contributed by atoms with Gasteiger partial charge in [0.15, 0.2) is 0 Å². The molecule has 0 radical (unpaired) electrons. The van der Waals surface area contributed by atoms with Crippen LogP contribution < -0.4 is 16.6 Å². The van der Waals surface area contributed by atoms with Gasteiger partial charge in [0.1, 0.15) is 29.8 Å². The molecule has 0 spiro atoms. The standard InChI is InChI=1S/C23H20FN7O2/c24-15-7-9-16(10-8-15)31-22(26)18(12-25)20(29-31)6-3-11-27-21(32)13-30-14-28-19-5-2-1-4-17(19)23(30)33/h1-2,4-5,7-10,14H,3,6,11,13,26H2,(H,27,32). The third-order valence-electron chi connectivity index (χ3n) is 5.13. The van der Waals surface area contributed by atoms with Crippen LogP contribution in [0.3, 0.4) is 0 Å². The highest BCUT2D eigenvalue weighted by atomic mass is 19.1. The monoisotopic (exact) mass is 445 g/mol. The number of rotatable bonds is 7. The Hall–Kier alpha value is -4.52. The molecule has 9 nitrogen and oxygen atoms in total. The van der Waals surface area contributed by atoms with Gasteiger partial charge >= 0.3 is 0 Å². The fourth-order valence-corrected chi connectivity index (χ4v) is 3.47. The first kappa shape index (κ1) is 21.7. The summed E-state index contributed by atoms with van der Waals surface area (Å²) in [5.74, 6) is -0.542. The van der Waals surface area contributed by atoms with Crippen LogP contribution in [0.2, 0.25) is 0 Å². The lowest BCUT2D eigenvalue weighted by atomic mass is 10.1. The Morgan fingerprint density at radius 2 is 1.94 bits per heavy atom. The number of anilines is 1. The van der Waals surface area contributed by atoms with Crippen molar-refractivity contribution in [1.29, 1.82) is 5.26 Å². The number of fused-ring (bicyclic) bond motifs is 1. The molecule has 2 aromatic carbocycles. The summed E-state index contributed by atoms with van der Waals surface area (Å²) in [6.07, 6.45) is 2.26. The lowest BCUT2D eigenvalue weighted by molar-refractivity contribution is -0.121. The number of carbonyl (C=O) groups excluding carboxylic acids is 1. The molecule has 10 heteroatoms. The zero-order valence-electron chi connectivity index (χ0n) is 17.5. The van der Waals surface area contributed by atoms with Crippen molar-refractivity contribution >= 4 is 22.6 Å². The quantitative estimate of drug-likeness (QED) is 0.418. The van der Waals surface area contributed by atoms with Crippen molar-refractivity contribution in [3.05, 3.63) is 82.3 Å². The predicted octanol–water partition coefficient (Wildman–Crippen LogP) is 1.92. The first-order valence-corrected chi connectivity index (χ1v) is 10.2. The minimum Gasteiger partial charge on any atom is -0.382 e. The molecule has 2 aromatic heterocycles. The van der Waals surface area contributed by atoms with Crippen LogP contribution in [0.1, 0.15) is 17.7 Å². The molecule has 4 aromatic rings. The SMILES string of the molecule is N#Cc1c(CCCNC(=O)Cn2cnc3ccccc3c2=O)nn(-c2ccc(F)cc2)c1N. The molecule has 0 atom stereocenters. The lowest BCUT2D eigenvalue weighted by Crippen LogP contribution is -2.33. The van der Waals surface area contributed by atoms with Crippen molar-refractivity contribution < 1.29 is 9.18 Å². The van der Waals surface area contributed by atoms with E-state index in [4.69, 9.17) is 5.73 Å². The third-order valence-corrected chi connectivity index (χ3v) is 5.13. The van der Waals surface area contributed by atoms with E-state index in [0.29, 0.717) is 41.7 Å². The second-order valence-electron chi connectivity index (χ2n) is 7.36. The van der Waals surface area contributed by atoms with Crippen LogP contribution in [0.4, 0.5) is 10.2 Å². The number of nitrogens with two attached hydrogens (primary N) is 1. The Bertz CT molecular complexity index is 1420. The van der Waals surface area contributed by atoms with Crippen molar-refractivity contribution in [1.82, 2.24) is 24.6 Å². The number of hydrogen-bond donors (Lipinski definition) is 2. The molecular weight excluding hydrogens is 425 g/mol. The zero-order chi connectivity index (χ0) is 23.4. The summed E-state index contributed by atoms with van der Waals surface area (Å²) < 4.78 is 15.8. The fourth-order valence-electron chi connectivity index (χ4n) is 3.47. The van der Waals surface area contributed by atoms with Crippen molar-refractivity contribution in [3.8, 4) is 11.8 Å². The molecule has 0 aliphatic heterocycles. The molecule has 0 unspecified atom stereocenters. The molecular formula is C23H20FN7O2. The number of nitrogens with one attached hydrogen (secondary N) is 1. The van der Waals surface area contributed by atoms with E-state index >= 15 is 0 Å². The molecule has 0 aliphatic rings. The zero-order valence-corrected chi connectivity index (χ0v) is 17.5. The van der Waals surface area contributed by atoms with Crippen LogP contribution in [-0.2, 0) is 17.8 Å². The highest BCUT2D eigenvalue weighted by molar-refractivity contribution is 5.78. The number of amides is 1. The number of hydrogen-bond acceptors (Lipinski definition) is 6. The van der Waals surface area contributed by atoms with E-state index in [1.165, 1.54) is 39.8 Å². The van der Waals surface area contributed by atoms with Gasteiger partial charge in [-0.3, -0.25) is 14.2 Å². The van der Waals surface area contributed by atoms with Crippen molar-refractivity contribution in [3.63, 3.8) is 0 Å². The van der Waals surface area contributed by atoms with Crippen molar-refractivity contribution in [2.75, 3.05) is 12.3 Å². The number of benzene rings is 2. The molecule has 3 N–H and O–H groups in total. The number of aryl methyl sites for hydroxylation is 1. The number of nitriles is 1. The largest absolute Gasteiger partial charge is 0.382 e. The topological polar surface area (TPSA) is 132 Å². The van der Waals surface area contributed by atoms with E-state index in [-0.39, 0.29) is 35.2 Å². The average molecular weight is 445 g/mol. The maximum absolute atomic E-state index is 13.2. The van der Waals surface area contributed by atoms with Crippen LogP contribution >= 0.6 is 0 Å². The number of nitrogens with zero attached hydrogens (tertiary/aromatic N) is 5. The maximum atomic E-state index is 13.2. The highest BCUT2D eigenvalue weighted by Crippen LogP contribution is 2.21. The molecule has 0 fully saturated rings. The molecule has 1 amide bonds. The van der Waals surface area contributed by atoms with Gasteiger partial charge < -0.3 is 11.1 Å². The van der Waals surface area contributed by atoms with E-state index < -0.39 is 0 Å². The molecule has 0 saturated carbocycles. The number of nitrogen functional groups attached to an aromatic ring is 1. The Labute approximate surface area is 187 Å². The van der Waals surface area contributed by atoms with Gasteiger partial charge in [-0.1, -0.05) is 12.1 Å². The first-order valence-electron chi connectivity index (χ1n) is 10.2. The van der Waals surface area contributed by atoms with Gasteiger partial charge in [0, 0.05) is 6.54 Å². The first-order chi connectivity index (χ1) is 16.0. The number of para-hydroxylation sites is 1. The lowest BCUT2D eigenvalue weighted by Gasteiger charge is -2.07. The Morgan fingerprint density at radius 1 is 1.18 bits per heavy atom. The maximum Gasteiger partial charge on any atom is 0.261 e. The second-order valence-corrected chi connectivity index (χ2v) is 7.36. The molecule has 4 rings (SSSR count). The third kappa shape index (κ3) is 4.57. The number of halogens is 1. The summed E-state index contributed by atoms with van der Waals surface area (Å²) in [5, 5.41) is 17.1. The van der Waals surface area contributed by atoms with Gasteiger partial charge in [-0.05, 0) is 49.2 Å². The summed E-state index contributed by atoms with van der Waals surface area (Å²) in [5.41, 5.74) is 7.63. The molecule has 0 bridgehead atoms. The minimum absolute atomic E-state index is 0.147. The second kappa shape index (κ2) is 9.32.